The number of carbonyl (C=O) groups is 1. The quantitative estimate of drug-likeness (QED) is 0.868. The van der Waals surface area contributed by atoms with Crippen LogP contribution in [-0.2, 0) is 17.9 Å². The minimum atomic E-state index is -0.224. The minimum absolute atomic E-state index is 0.108. The zero-order valence-corrected chi connectivity index (χ0v) is 13.4. The van der Waals surface area contributed by atoms with Crippen molar-refractivity contribution in [1.82, 2.24) is 20.3 Å². The van der Waals surface area contributed by atoms with Crippen LogP contribution < -0.4 is 16.0 Å². The van der Waals surface area contributed by atoms with Gasteiger partial charge in [-0.3, -0.25) is 9.78 Å². The number of piperidine rings is 1. The fraction of sp³-hybridized carbons (Fsp3) is 0.412. The Morgan fingerprint density at radius 2 is 2.08 bits per heavy atom. The fourth-order valence-electron chi connectivity index (χ4n) is 3.44. The highest BCUT2D eigenvalue weighted by Crippen LogP contribution is 2.30. The van der Waals surface area contributed by atoms with Gasteiger partial charge in [0.15, 0.2) is 5.82 Å². The topological polar surface area (TPSA) is 97.0 Å². The second-order valence-electron chi connectivity index (χ2n) is 6.32. The standard InChI is InChI=1S/C17H20N6O/c18-15(24)12-2-1-7-23(10-12)17-13-8-20-9-14(13)21-16(22-17)11-3-5-19-6-4-11/h3-6,12,20H,1-2,7-10H2,(H2,18,24). The maximum atomic E-state index is 11.6. The molecule has 2 aromatic rings. The van der Waals surface area contributed by atoms with Crippen LogP contribution in [0.25, 0.3) is 11.4 Å². The van der Waals surface area contributed by atoms with Crippen molar-refractivity contribution in [2.24, 2.45) is 11.7 Å². The van der Waals surface area contributed by atoms with E-state index in [9.17, 15) is 4.79 Å². The Hall–Kier alpha value is -2.54. The van der Waals surface area contributed by atoms with Gasteiger partial charge in [0.2, 0.25) is 5.91 Å². The van der Waals surface area contributed by atoms with Gasteiger partial charge in [-0.2, -0.15) is 0 Å². The molecule has 124 valence electrons. The van der Waals surface area contributed by atoms with E-state index in [0.29, 0.717) is 12.4 Å². The second kappa shape index (κ2) is 6.16. The maximum absolute atomic E-state index is 11.6. The number of amides is 1. The largest absolute Gasteiger partial charge is 0.369 e. The molecule has 1 amide bonds. The molecule has 0 spiro atoms. The zero-order valence-electron chi connectivity index (χ0n) is 13.4. The molecule has 7 heteroatoms. The molecule has 0 aromatic carbocycles. The lowest BCUT2D eigenvalue weighted by atomic mass is 9.97. The van der Waals surface area contributed by atoms with Crippen LogP contribution >= 0.6 is 0 Å². The third-order valence-corrected chi connectivity index (χ3v) is 4.73. The number of aromatic nitrogens is 3. The van der Waals surface area contributed by atoms with Crippen LogP contribution in [-0.4, -0.2) is 33.9 Å². The van der Waals surface area contributed by atoms with Gasteiger partial charge in [0.05, 0.1) is 11.6 Å². The Morgan fingerprint density at radius 3 is 2.88 bits per heavy atom. The number of nitrogens with one attached hydrogen (secondary N) is 1. The van der Waals surface area contributed by atoms with E-state index in [1.807, 2.05) is 12.1 Å². The summed E-state index contributed by atoms with van der Waals surface area (Å²) in [7, 11) is 0. The number of carbonyl (C=O) groups excluding carboxylic acids is 1. The van der Waals surface area contributed by atoms with E-state index < -0.39 is 0 Å². The molecular weight excluding hydrogens is 304 g/mol. The van der Waals surface area contributed by atoms with Gasteiger partial charge < -0.3 is 16.0 Å². The van der Waals surface area contributed by atoms with Gasteiger partial charge >= 0.3 is 0 Å². The summed E-state index contributed by atoms with van der Waals surface area (Å²) in [5, 5.41) is 3.35. The van der Waals surface area contributed by atoms with Crippen LogP contribution in [0.4, 0.5) is 5.82 Å². The number of pyridine rings is 1. The van der Waals surface area contributed by atoms with Gasteiger partial charge in [-0.05, 0) is 25.0 Å². The molecule has 4 heterocycles. The Balaban J connectivity index is 1.74. The highest BCUT2D eigenvalue weighted by atomic mass is 16.1. The number of hydrogen-bond acceptors (Lipinski definition) is 6. The zero-order chi connectivity index (χ0) is 16.5. The van der Waals surface area contributed by atoms with E-state index in [-0.39, 0.29) is 11.8 Å². The van der Waals surface area contributed by atoms with E-state index in [4.69, 9.17) is 15.7 Å². The molecule has 2 aliphatic rings. The first-order chi connectivity index (χ1) is 11.7. The first-order valence-electron chi connectivity index (χ1n) is 8.27. The van der Waals surface area contributed by atoms with Crippen molar-refractivity contribution in [2.75, 3.05) is 18.0 Å². The smallest absolute Gasteiger partial charge is 0.222 e. The first kappa shape index (κ1) is 15.0. The normalized spacial score (nSPS) is 20.0. The third kappa shape index (κ3) is 2.71. The van der Waals surface area contributed by atoms with E-state index in [1.165, 1.54) is 0 Å². The summed E-state index contributed by atoms with van der Waals surface area (Å²) in [6.45, 7) is 3.03. The fourth-order valence-corrected chi connectivity index (χ4v) is 3.44. The number of nitrogens with zero attached hydrogens (tertiary/aromatic N) is 4. The predicted octanol–water partition coefficient (Wildman–Crippen LogP) is 0.843. The first-order valence-corrected chi connectivity index (χ1v) is 8.27. The number of primary amides is 1. The summed E-state index contributed by atoms with van der Waals surface area (Å²) in [5.41, 5.74) is 8.64. The maximum Gasteiger partial charge on any atom is 0.222 e. The summed E-state index contributed by atoms with van der Waals surface area (Å²) in [6, 6.07) is 3.83. The summed E-state index contributed by atoms with van der Waals surface area (Å²) in [5.74, 6) is 1.31. The molecule has 1 saturated heterocycles. The molecule has 0 radical (unpaired) electrons. The van der Waals surface area contributed by atoms with Gasteiger partial charge in [-0.15, -0.1) is 0 Å². The molecule has 1 atom stereocenters. The van der Waals surface area contributed by atoms with Crippen molar-refractivity contribution in [3.63, 3.8) is 0 Å². The van der Waals surface area contributed by atoms with E-state index in [0.717, 1.165) is 55.1 Å². The lowest BCUT2D eigenvalue weighted by Crippen LogP contribution is -2.42. The molecule has 1 fully saturated rings. The molecule has 0 aliphatic carbocycles. The highest BCUT2D eigenvalue weighted by molar-refractivity contribution is 5.77. The van der Waals surface area contributed by atoms with Crippen LogP contribution in [0.2, 0.25) is 0 Å². The molecule has 2 aromatic heterocycles. The molecule has 4 rings (SSSR count). The highest BCUT2D eigenvalue weighted by Gasteiger charge is 2.29. The lowest BCUT2D eigenvalue weighted by Gasteiger charge is -2.33. The van der Waals surface area contributed by atoms with Crippen molar-refractivity contribution in [1.29, 1.82) is 0 Å². The Kier molecular flexibility index (Phi) is 3.86. The molecule has 0 bridgehead atoms. The molecule has 7 nitrogen and oxygen atoms in total. The Bertz CT molecular complexity index is 763. The van der Waals surface area contributed by atoms with Gasteiger partial charge in [-0.25, -0.2) is 9.97 Å². The summed E-state index contributed by atoms with van der Waals surface area (Å²) < 4.78 is 0. The van der Waals surface area contributed by atoms with Crippen LogP contribution in [0.1, 0.15) is 24.1 Å². The van der Waals surface area contributed by atoms with Crippen molar-refractivity contribution in [3.05, 3.63) is 35.8 Å². The average Bonchev–Trinajstić information content (AvgIpc) is 3.10. The van der Waals surface area contributed by atoms with Crippen molar-refractivity contribution < 1.29 is 4.79 Å². The van der Waals surface area contributed by atoms with Gasteiger partial charge in [-0.1, -0.05) is 0 Å². The summed E-state index contributed by atoms with van der Waals surface area (Å²) in [4.78, 5) is 27.4. The van der Waals surface area contributed by atoms with Crippen molar-refractivity contribution in [3.8, 4) is 11.4 Å². The number of hydrogen-bond donors (Lipinski definition) is 2. The predicted molar refractivity (Wildman–Crippen MR) is 89.9 cm³/mol. The van der Waals surface area contributed by atoms with Gasteiger partial charge in [0.25, 0.3) is 0 Å². The van der Waals surface area contributed by atoms with Crippen molar-refractivity contribution in [2.45, 2.75) is 25.9 Å². The van der Waals surface area contributed by atoms with Crippen molar-refractivity contribution >= 4 is 11.7 Å². The molecule has 2 aliphatic heterocycles. The second-order valence-corrected chi connectivity index (χ2v) is 6.32. The van der Waals surface area contributed by atoms with Crippen LogP contribution in [0.5, 0.6) is 0 Å². The summed E-state index contributed by atoms with van der Waals surface area (Å²) in [6.07, 6.45) is 5.29. The minimum Gasteiger partial charge on any atom is -0.369 e. The lowest BCUT2D eigenvalue weighted by molar-refractivity contribution is -0.122. The van der Waals surface area contributed by atoms with E-state index >= 15 is 0 Å². The average molecular weight is 324 g/mol. The number of rotatable bonds is 3. The number of anilines is 1. The third-order valence-electron chi connectivity index (χ3n) is 4.73. The molecule has 1 unspecified atom stereocenters. The monoisotopic (exact) mass is 324 g/mol. The number of fused-ring (bicyclic) bond motifs is 1. The van der Waals surface area contributed by atoms with Gasteiger partial charge in [0, 0.05) is 49.7 Å². The molecule has 3 N–H and O–H groups in total. The molecular formula is C17H20N6O. The number of nitrogens with two attached hydrogens (primary N) is 1. The van der Waals surface area contributed by atoms with Gasteiger partial charge in [0.1, 0.15) is 5.82 Å². The molecule has 24 heavy (non-hydrogen) atoms. The Morgan fingerprint density at radius 1 is 1.25 bits per heavy atom. The molecule has 0 saturated carbocycles. The SMILES string of the molecule is NC(=O)C1CCCN(c2nc(-c3ccncc3)nc3c2CNC3)C1. The van der Waals surface area contributed by atoms with E-state index in [2.05, 4.69) is 15.2 Å². The van der Waals surface area contributed by atoms with E-state index in [1.54, 1.807) is 12.4 Å². The van der Waals surface area contributed by atoms with Crippen LogP contribution in [0, 0.1) is 5.92 Å². The summed E-state index contributed by atoms with van der Waals surface area (Å²) >= 11 is 0. The Labute approximate surface area is 140 Å². The van der Waals surface area contributed by atoms with Crippen LogP contribution in [0.3, 0.4) is 0 Å². The van der Waals surface area contributed by atoms with Crippen LogP contribution in [0.15, 0.2) is 24.5 Å².